The zero-order valence-electron chi connectivity index (χ0n) is 16.2. The third-order valence-electron chi connectivity index (χ3n) is 5.57. The Balaban J connectivity index is 1.40. The summed E-state index contributed by atoms with van der Waals surface area (Å²) in [5.74, 6) is 1.95. The highest BCUT2D eigenvalue weighted by Crippen LogP contribution is 2.27. The summed E-state index contributed by atoms with van der Waals surface area (Å²) < 4.78 is 0. The van der Waals surface area contributed by atoms with Crippen molar-refractivity contribution >= 4 is 11.6 Å². The molecule has 3 heterocycles. The molecule has 138 valence electrons. The van der Waals surface area contributed by atoms with E-state index in [1.165, 1.54) is 24.1 Å². The molecule has 2 aromatic heterocycles. The quantitative estimate of drug-likeness (QED) is 0.847. The molecule has 2 aliphatic rings. The van der Waals surface area contributed by atoms with Gasteiger partial charge in [-0.1, -0.05) is 20.8 Å². The van der Waals surface area contributed by atoms with Gasteiger partial charge in [-0.2, -0.15) is 10.2 Å². The lowest BCUT2D eigenvalue weighted by molar-refractivity contribution is 0.483. The number of aromatic nitrogens is 4. The van der Waals surface area contributed by atoms with Crippen LogP contribution in [0.5, 0.6) is 0 Å². The van der Waals surface area contributed by atoms with Crippen molar-refractivity contribution < 1.29 is 0 Å². The van der Waals surface area contributed by atoms with Crippen LogP contribution in [0.25, 0.3) is 0 Å². The summed E-state index contributed by atoms with van der Waals surface area (Å²) >= 11 is 0. The van der Waals surface area contributed by atoms with Crippen LogP contribution in [-0.2, 0) is 18.3 Å². The van der Waals surface area contributed by atoms with E-state index in [2.05, 4.69) is 76.2 Å². The van der Waals surface area contributed by atoms with Crippen molar-refractivity contribution in [2.45, 2.75) is 57.9 Å². The van der Waals surface area contributed by atoms with Gasteiger partial charge in [0.25, 0.3) is 0 Å². The Morgan fingerprint density at radius 1 is 1.00 bits per heavy atom. The molecule has 0 unspecified atom stereocenters. The molecule has 0 bridgehead atoms. The SMILES string of the molecule is CN(c1cc2c(nn1)CCCC2)C1CN(c2ccc(C(C)(C)C)nn2)C1. The second-order valence-electron chi connectivity index (χ2n) is 8.58. The Kier molecular flexibility index (Phi) is 4.29. The average Bonchev–Trinajstić information content (AvgIpc) is 2.59. The Morgan fingerprint density at radius 2 is 1.77 bits per heavy atom. The second kappa shape index (κ2) is 6.49. The molecular formula is C20H28N6. The molecule has 4 rings (SSSR count). The van der Waals surface area contributed by atoms with E-state index >= 15 is 0 Å². The van der Waals surface area contributed by atoms with Gasteiger partial charge in [-0.15, -0.1) is 10.2 Å². The normalized spacial score (nSPS) is 17.6. The molecular weight excluding hydrogens is 324 g/mol. The minimum atomic E-state index is 0.0361. The van der Waals surface area contributed by atoms with Crippen LogP contribution in [0.2, 0.25) is 0 Å². The third kappa shape index (κ3) is 3.24. The van der Waals surface area contributed by atoms with Crippen LogP contribution in [0.1, 0.15) is 50.6 Å². The van der Waals surface area contributed by atoms with Crippen molar-refractivity contribution in [3.63, 3.8) is 0 Å². The maximum absolute atomic E-state index is 4.46. The molecule has 1 fully saturated rings. The number of likely N-dealkylation sites (N-methyl/N-ethyl adjacent to an activating group) is 1. The number of fused-ring (bicyclic) bond motifs is 1. The van der Waals surface area contributed by atoms with Crippen molar-refractivity contribution in [1.29, 1.82) is 0 Å². The van der Waals surface area contributed by atoms with Crippen LogP contribution in [0, 0.1) is 0 Å². The molecule has 6 heteroatoms. The molecule has 0 saturated carbocycles. The lowest BCUT2D eigenvalue weighted by atomic mass is 9.92. The van der Waals surface area contributed by atoms with Gasteiger partial charge in [0.1, 0.15) is 0 Å². The first-order valence-corrected chi connectivity index (χ1v) is 9.59. The lowest BCUT2D eigenvalue weighted by Gasteiger charge is -2.44. The fourth-order valence-electron chi connectivity index (χ4n) is 3.62. The number of anilines is 2. The molecule has 1 aliphatic carbocycles. The third-order valence-corrected chi connectivity index (χ3v) is 5.57. The number of rotatable bonds is 3. The van der Waals surface area contributed by atoms with Crippen LogP contribution in [0.4, 0.5) is 11.6 Å². The minimum Gasteiger partial charge on any atom is -0.352 e. The Hall–Kier alpha value is -2.24. The first kappa shape index (κ1) is 17.2. The lowest BCUT2D eigenvalue weighted by Crippen LogP contribution is -2.59. The topological polar surface area (TPSA) is 58.0 Å². The van der Waals surface area contributed by atoms with Crippen LogP contribution in [0.3, 0.4) is 0 Å². The van der Waals surface area contributed by atoms with Gasteiger partial charge in [0.05, 0.1) is 17.4 Å². The van der Waals surface area contributed by atoms with Crippen molar-refractivity contribution in [2.75, 3.05) is 29.9 Å². The van der Waals surface area contributed by atoms with Gasteiger partial charge in [0.2, 0.25) is 0 Å². The Morgan fingerprint density at radius 3 is 2.46 bits per heavy atom. The maximum atomic E-state index is 4.46. The van der Waals surface area contributed by atoms with E-state index in [1.54, 1.807) is 0 Å². The van der Waals surface area contributed by atoms with Gasteiger partial charge >= 0.3 is 0 Å². The van der Waals surface area contributed by atoms with E-state index < -0.39 is 0 Å². The smallest absolute Gasteiger partial charge is 0.151 e. The van der Waals surface area contributed by atoms with Crippen LogP contribution in [-0.4, -0.2) is 46.6 Å². The van der Waals surface area contributed by atoms with Gasteiger partial charge in [0.15, 0.2) is 11.6 Å². The molecule has 0 radical (unpaired) electrons. The largest absolute Gasteiger partial charge is 0.352 e. The molecule has 26 heavy (non-hydrogen) atoms. The van der Waals surface area contributed by atoms with Gasteiger partial charge in [-0.05, 0) is 49.4 Å². The van der Waals surface area contributed by atoms with E-state index in [9.17, 15) is 0 Å². The average molecular weight is 352 g/mol. The van der Waals surface area contributed by atoms with E-state index in [0.717, 1.165) is 43.3 Å². The molecule has 6 nitrogen and oxygen atoms in total. The first-order valence-electron chi connectivity index (χ1n) is 9.59. The predicted molar refractivity (Wildman–Crippen MR) is 104 cm³/mol. The van der Waals surface area contributed by atoms with Crippen molar-refractivity contribution in [2.24, 2.45) is 0 Å². The number of hydrogen-bond acceptors (Lipinski definition) is 6. The van der Waals surface area contributed by atoms with Crippen LogP contribution < -0.4 is 9.80 Å². The first-order chi connectivity index (χ1) is 12.4. The molecule has 0 N–H and O–H groups in total. The summed E-state index contributed by atoms with van der Waals surface area (Å²) in [7, 11) is 2.12. The number of nitrogens with zero attached hydrogens (tertiary/aromatic N) is 6. The van der Waals surface area contributed by atoms with E-state index in [4.69, 9.17) is 0 Å². The summed E-state index contributed by atoms with van der Waals surface area (Å²) in [5, 5.41) is 17.7. The van der Waals surface area contributed by atoms with Crippen molar-refractivity contribution in [3.8, 4) is 0 Å². The highest BCUT2D eigenvalue weighted by atomic mass is 15.4. The summed E-state index contributed by atoms with van der Waals surface area (Å²) in [6.07, 6.45) is 4.72. The van der Waals surface area contributed by atoms with Crippen LogP contribution >= 0.6 is 0 Å². The fraction of sp³-hybridized carbons (Fsp3) is 0.600. The summed E-state index contributed by atoms with van der Waals surface area (Å²) in [6.45, 7) is 8.36. The summed E-state index contributed by atoms with van der Waals surface area (Å²) in [4.78, 5) is 4.53. The van der Waals surface area contributed by atoms with Gasteiger partial charge in [-0.3, -0.25) is 0 Å². The van der Waals surface area contributed by atoms with E-state index in [1.807, 2.05) is 0 Å². The zero-order chi connectivity index (χ0) is 18.3. The number of aryl methyl sites for hydroxylation is 2. The predicted octanol–water partition coefficient (Wildman–Crippen LogP) is 2.77. The molecule has 2 aromatic rings. The monoisotopic (exact) mass is 352 g/mol. The van der Waals surface area contributed by atoms with Gasteiger partial charge in [0, 0.05) is 25.6 Å². The van der Waals surface area contributed by atoms with Gasteiger partial charge < -0.3 is 9.80 Å². The van der Waals surface area contributed by atoms with Crippen molar-refractivity contribution in [1.82, 2.24) is 20.4 Å². The fourth-order valence-corrected chi connectivity index (χ4v) is 3.62. The maximum Gasteiger partial charge on any atom is 0.151 e. The molecule has 0 amide bonds. The van der Waals surface area contributed by atoms with E-state index in [-0.39, 0.29) is 5.41 Å². The summed E-state index contributed by atoms with van der Waals surface area (Å²) in [6, 6.07) is 6.86. The standard InChI is InChI=1S/C20H28N6/c1-20(2,3)17-9-10-18(23-22-17)26-12-15(13-26)25(4)19-11-14-7-5-6-8-16(14)21-24-19/h9-11,15H,5-8,12-13H2,1-4H3. The highest BCUT2D eigenvalue weighted by Gasteiger charge is 2.32. The zero-order valence-corrected chi connectivity index (χ0v) is 16.2. The van der Waals surface area contributed by atoms with E-state index in [0.29, 0.717) is 6.04 Å². The Bertz CT molecular complexity index is 774. The molecule has 0 atom stereocenters. The Labute approximate surface area is 155 Å². The van der Waals surface area contributed by atoms with Gasteiger partial charge in [-0.25, -0.2) is 0 Å². The molecule has 0 spiro atoms. The molecule has 0 aromatic carbocycles. The summed E-state index contributed by atoms with van der Waals surface area (Å²) in [5.41, 5.74) is 3.64. The minimum absolute atomic E-state index is 0.0361. The second-order valence-corrected chi connectivity index (χ2v) is 8.58. The number of hydrogen-bond donors (Lipinski definition) is 0. The molecule has 1 aliphatic heterocycles. The highest BCUT2D eigenvalue weighted by molar-refractivity contribution is 5.49. The van der Waals surface area contributed by atoms with Crippen molar-refractivity contribution in [3.05, 3.63) is 35.2 Å². The molecule has 1 saturated heterocycles. The van der Waals surface area contributed by atoms with Crippen LogP contribution in [0.15, 0.2) is 18.2 Å².